The molecule has 0 aliphatic heterocycles. The van der Waals surface area contributed by atoms with Crippen molar-refractivity contribution in [2.75, 3.05) is 12.9 Å². The van der Waals surface area contributed by atoms with E-state index in [1.54, 1.807) is 18.9 Å². The normalized spacial score (nSPS) is 12.1. The van der Waals surface area contributed by atoms with Crippen LogP contribution >= 0.6 is 11.8 Å². The standard InChI is InChI=1S/C23H31NO2S/c1-15(2)20-14-21(17(4)13-22(20)26-6)18(5)24-23(25)11-12-27-19-9-7-16(3)8-10-19/h7-10,13-15,18H,11-12H2,1-6H3,(H,24,25)/t18-/m0/s1. The molecule has 0 saturated heterocycles. The highest BCUT2D eigenvalue weighted by atomic mass is 32.2. The van der Waals surface area contributed by atoms with E-state index in [9.17, 15) is 4.79 Å². The van der Waals surface area contributed by atoms with E-state index in [4.69, 9.17) is 4.74 Å². The number of rotatable bonds is 8. The first kappa shape index (κ1) is 21.4. The van der Waals surface area contributed by atoms with Gasteiger partial charge in [0.25, 0.3) is 0 Å². The average Bonchev–Trinajstić information content (AvgIpc) is 2.62. The van der Waals surface area contributed by atoms with Crippen LogP contribution in [-0.4, -0.2) is 18.8 Å². The molecule has 0 fully saturated rings. The van der Waals surface area contributed by atoms with Gasteiger partial charge in [-0.05, 0) is 67.6 Å². The van der Waals surface area contributed by atoms with Gasteiger partial charge >= 0.3 is 0 Å². The Morgan fingerprint density at radius 3 is 2.33 bits per heavy atom. The third-order valence-electron chi connectivity index (χ3n) is 4.70. The molecule has 2 aromatic carbocycles. The number of hydrogen-bond donors (Lipinski definition) is 1. The van der Waals surface area contributed by atoms with Gasteiger partial charge in [-0.2, -0.15) is 0 Å². The maximum absolute atomic E-state index is 12.4. The van der Waals surface area contributed by atoms with Crippen LogP contribution in [0.3, 0.4) is 0 Å². The Morgan fingerprint density at radius 2 is 1.74 bits per heavy atom. The number of ether oxygens (including phenoxy) is 1. The first-order chi connectivity index (χ1) is 12.8. The first-order valence-electron chi connectivity index (χ1n) is 9.49. The highest BCUT2D eigenvalue weighted by Crippen LogP contribution is 2.32. The quantitative estimate of drug-likeness (QED) is 0.584. The lowest BCUT2D eigenvalue weighted by molar-refractivity contribution is -0.121. The van der Waals surface area contributed by atoms with Crippen LogP contribution in [-0.2, 0) is 4.79 Å². The van der Waals surface area contributed by atoms with Gasteiger partial charge < -0.3 is 10.1 Å². The number of carbonyl (C=O) groups is 1. The number of nitrogens with one attached hydrogen (secondary N) is 1. The fourth-order valence-corrected chi connectivity index (χ4v) is 3.95. The van der Waals surface area contributed by atoms with Crippen molar-refractivity contribution >= 4 is 17.7 Å². The maximum Gasteiger partial charge on any atom is 0.221 e. The molecule has 1 N–H and O–H groups in total. The monoisotopic (exact) mass is 385 g/mol. The Balaban J connectivity index is 1.95. The zero-order chi connectivity index (χ0) is 20.0. The summed E-state index contributed by atoms with van der Waals surface area (Å²) in [5.74, 6) is 2.15. The minimum Gasteiger partial charge on any atom is -0.496 e. The van der Waals surface area contributed by atoms with Crippen molar-refractivity contribution in [3.05, 3.63) is 58.7 Å². The Labute approximate surface area is 167 Å². The number of benzene rings is 2. The molecule has 0 radical (unpaired) electrons. The van der Waals surface area contributed by atoms with E-state index in [1.165, 1.54) is 16.0 Å². The van der Waals surface area contributed by atoms with Crippen LogP contribution in [0.25, 0.3) is 0 Å². The van der Waals surface area contributed by atoms with E-state index >= 15 is 0 Å². The molecular formula is C23H31NO2S. The molecule has 0 bridgehead atoms. The number of amides is 1. The number of methoxy groups -OCH3 is 1. The number of carbonyl (C=O) groups excluding carboxylic acids is 1. The maximum atomic E-state index is 12.4. The fraction of sp³-hybridized carbons (Fsp3) is 0.435. The Bertz CT molecular complexity index is 769. The van der Waals surface area contributed by atoms with E-state index in [0.717, 1.165) is 22.6 Å². The molecule has 0 aromatic heterocycles. The third kappa shape index (κ3) is 6.03. The van der Waals surface area contributed by atoms with Crippen LogP contribution in [0.1, 0.15) is 61.4 Å². The van der Waals surface area contributed by atoms with Gasteiger partial charge in [-0.1, -0.05) is 31.5 Å². The molecule has 0 heterocycles. The minimum absolute atomic E-state index is 0.0229. The van der Waals surface area contributed by atoms with Crippen LogP contribution < -0.4 is 10.1 Å². The Hall–Kier alpha value is -1.94. The van der Waals surface area contributed by atoms with Crippen LogP contribution in [0.5, 0.6) is 5.75 Å². The zero-order valence-electron chi connectivity index (χ0n) is 17.3. The lowest BCUT2D eigenvalue weighted by atomic mass is 9.93. The number of thioether (sulfide) groups is 1. The molecule has 0 spiro atoms. The molecular weight excluding hydrogens is 354 g/mol. The smallest absolute Gasteiger partial charge is 0.221 e. The van der Waals surface area contributed by atoms with E-state index in [1.807, 2.05) is 6.92 Å². The molecule has 0 aliphatic rings. The van der Waals surface area contributed by atoms with Crippen molar-refractivity contribution in [3.63, 3.8) is 0 Å². The number of aryl methyl sites for hydroxylation is 2. The van der Waals surface area contributed by atoms with Crippen LogP contribution in [0.2, 0.25) is 0 Å². The topological polar surface area (TPSA) is 38.3 Å². The predicted molar refractivity (Wildman–Crippen MR) is 115 cm³/mol. The molecule has 2 rings (SSSR count). The van der Waals surface area contributed by atoms with E-state index in [0.29, 0.717) is 12.3 Å². The van der Waals surface area contributed by atoms with Gasteiger partial charge in [0.15, 0.2) is 0 Å². The Kier molecular flexibility index (Phi) is 7.78. The molecule has 4 heteroatoms. The second-order valence-electron chi connectivity index (χ2n) is 7.31. The second kappa shape index (κ2) is 9.84. The second-order valence-corrected chi connectivity index (χ2v) is 8.47. The molecule has 1 atom stereocenters. The summed E-state index contributed by atoms with van der Waals surface area (Å²) in [7, 11) is 1.71. The molecule has 0 unspecified atom stereocenters. The van der Waals surface area contributed by atoms with Crippen molar-refractivity contribution in [2.24, 2.45) is 0 Å². The third-order valence-corrected chi connectivity index (χ3v) is 5.72. The van der Waals surface area contributed by atoms with Gasteiger partial charge in [0.2, 0.25) is 5.91 Å². The van der Waals surface area contributed by atoms with Gasteiger partial charge in [0.05, 0.1) is 13.2 Å². The van der Waals surface area contributed by atoms with Crippen molar-refractivity contribution in [1.29, 1.82) is 0 Å². The van der Waals surface area contributed by atoms with Gasteiger partial charge in [-0.25, -0.2) is 0 Å². The van der Waals surface area contributed by atoms with Gasteiger partial charge in [-0.15, -0.1) is 11.8 Å². The van der Waals surface area contributed by atoms with Crippen LogP contribution in [0.4, 0.5) is 0 Å². The molecule has 146 valence electrons. The molecule has 3 nitrogen and oxygen atoms in total. The predicted octanol–water partition coefficient (Wildman–Crippen LogP) is 5.80. The van der Waals surface area contributed by atoms with Gasteiger partial charge in [0.1, 0.15) is 5.75 Å². The summed E-state index contributed by atoms with van der Waals surface area (Å²) < 4.78 is 5.52. The number of hydrogen-bond acceptors (Lipinski definition) is 3. The van der Waals surface area contributed by atoms with Gasteiger partial charge in [0, 0.05) is 17.1 Å². The van der Waals surface area contributed by atoms with Crippen LogP contribution in [0.15, 0.2) is 41.3 Å². The molecule has 2 aromatic rings. The summed E-state index contributed by atoms with van der Waals surface area (Å²) in [4.78, 5) is 13.6. The molecule has 0 saturated carbocycles. The summed E-state index contributed by atoms with van der Waals surface area (Å²) in [6.45, 7) is 10.5. The summed E-state index contributed by atoms with van der Waals surface area (Å²) in [6.07, 6.45) is 0.509. The van der Waals surface area contributed by atoms with E-state index in [2.05, 4.69) is 69.4 Å². The lowest BCUT2D eigenvalue weighted by Crippen LogP contribution is -2.27. The largest absolute Gasteiger partial charge is 0.496 e. The van der Waals surface area contributed by atoms with Gasteiger partial charge in [-0.3, -0.25) is 4.79 Å². The van der Waals surface area contributed by atoms with Crippen molar-refractivity contribution in [3.8, 4) is 5.75 Å². The van der Waals surface area contributed by atoms with Crippen molar-refractivity contribution in [2.45, 2.75) is 57.9 Å². The van der Waals surface area contributed by atoms with Crippen LogP contribution in [0, 0.1) is 13.8 Å². The van der Waals surface area contributed by atoms with Crippen molar-refractivity contribution in [1.82, 2.24) is 5.32 Å². The summed E-state index contributed by atoms with van der Waals surface area (Å²) in [5.41, 5.74) is 4.72. The summed E-state index contributed by atoms with van der Waals surface area (Å²) >= 11 is 1.72. The lowest BCUT2D eigenvalue weighted by Gasteiger charge is -2.21. The average molecular weight is 386 g/mol. The molecule has 27 heavy (non-hydrogen) atoms. The fourth-order valence-electron chi connectivity index (χ4n) is 3.10. The van der Waals surface area contributed by atoms with E-state index < -0.39 is 0 Å². The summed E-state index contributed by atoms with van der Waals surface area (Å²) in [6, 6.07) is 12.6. The zero-order valence-corrected chi connectivity index (χ0v) is 18.1. The minimum atomic E-state index is -0.0229. The Morgan fingerprint density at radius 1 is 1.07 bits per heavy atom. The first-order valence-corrected chi connectivity index (χ1v) is 10.5. The molecule has 0 aliphatic carbocycles. The SMILES string of the molecule is COc1cc(C)c([C@H](C)NC(=O)CCSc2ccc(C)cc2)cc1C(C)C. The van der Waals surface area contributed by atoms with Crippen molar-refractivity contribution < 1.29 is 9.53 Å². The summed E-state index contributed by atoms with van der Waals surface area (Å²) in [5, 5.41) is 3.14. The highest BCUT2D eigenvalue weighted by molar-refractivity contribution is 7.99. The highest BCUT2D eigenvalue weighted by Gasteiger charge is 2.16. The van der Waals surface area contributed by atoms with E-state index in [-0.39, 0.29) is 11.9 Å². The molecule has 1 amide bonds.